The molecule has 1 aromatic rings. The maximum Gasteiger partial charge on any atom is 0.410 e. The number of hydrogen-bond acceptors (Lipinski definition) is 3. The Bertz CT molecular complexity index is 578. The molecule has 1 aromatic carbocycles. The van der Waals surface area contributed by atoms with Crippen molar-refractivity contribution in [3.63, 3.8) is 0 Å². The topological polar surface area (TPSA) is 66.8 Å². The summed E-state index contributed by atoms with van der Waals surface area (Å²) < 4.78 is 5.39. The van der Waals surface area contributed by atoms with Gasteiger partial charge >= 0.3 is 12.1 Å². The molecule has 0 aliphatic heterocycles. The predicted octanol–water partition coefficient (Wildman–Crippen LogP) is 4.19. The van der Waals surface area contributed by atoms with E-state index < -0.39 is 23.1 Å². The first-order chi connectivity index (χ1) is 10.4. The highest BCUT2D eigenvalue weighted by Gasteiger charge is 2.33. The number of carboxylic acid groups (broad SMARTS) is 1. The number of carbonyl (C=O) groups excluding carboxylic acids is 1. The van der Waals surface area contributed by atoms with Crippen LogP contribution in [0.4, 0.5) is 4.79 Å². The Morgan fingerprint density at radius 3 is 2.30 bits per heavy atom. The molecule has 6 heteroatoms. The van der Waals surface area contributed by atoms with Crippen molar-refractivity contribution in [3.8, 4) is 0 Å². The lowest BCUT2D eigenvalue weighted by Gasteiger charge is -2.32. The maximum absolute atomic E-state index is 12.4. The molecule has 5 nitrogen and oxygen atoms in total. The molecular formula is C17H24ClNO4. The van der Waals surface area contributed by atoms with Crippen LogP contribution in [0.2, 0.25) is 5.02 Å². The van der Waals surface area contributed by atoms with E-state index in [0.29, 0.717) is 5.02 Å². The van der Waals surface area contributed by atoms with E-state index in [1.54, 1.807) is 52.8 Å². The molecule has 0 heterocycles. The van der Waals surface area contributed by atoms with E-state index in [9.17, 15) is 14.7 Å². The van der Waals surface area contributed by atoms with E-state index in [0.717, 1.165) is 5.56 Å². The van der Waals surface area contributed by atoms with E-state index in [2.05, 4.69) is 0 Å². The highest BCUT2D eigenvalue weighted by atomic mass is 35.5. The molecule has 0 saturated carbocycles. The molecular weight excluding hydrogens is 318 g/mol. The summed E-state index contributed by atoms with van der Waals surface area (Å²) in [6, 6.07) is 7.10. The second-order valence-corrected chi connectivity index (χ2v) is 7.59. The van der Waals surface area contributed by atoms with Gasteiger partial charge in [-0.05, 0) is 52.3 Å². The van der Waals surface area contributed by atoms with Crippen LogP contribution in [0.15, 0.2) is 24.3 Å². The minimum absolute atomic E-state index is 0.0315. The quantitative estimate of drug-likeness (QED) is 0.872. The lowest BCUT2D eigenvalue weighted by atomic mass is 9.93. The average molecular weight is 342 g/mol. The van der Waals surface area contributed by atoms with Crippen molar-refractivity contribution in [1.29, 1.82) is 0 Å². The molecule has 0 aliphatic carbocycles. The van der Waals surface area contributed by atoms with Crippen molar-refractivity contribution in [2.24, 2.45) is 5.41 Å². The number of hydrogen-bond donors (Lipinski definition) is 1. The van der Waals surface area contributed by atoms with Gasteiger partial charge in [-0.15, -0.1) is 0 Å². The van der Waals surface area contributed by atoms with Crippen LogP contribution < -0.4 is 0 Å². The van der Waals surface area contributed by atoms with Crippen molar-refractivity contribution in [2.45, 2.75) is 46.8 Å². The van der Waals surface area contributed by atoms with Crippen LogP contribution in [0.25, 0.3) is 0 Å². The molecule has 0 bridgehead atoms. The largest absolute Gasteiger partial charge is 0.481 e. The summed E-state index contributed by atoms with van der Waals surface area (Å²) >= 11 is 5.97. The summed E-state index contributed by atoms with van der Waals surface area (Å²) in [5, 5.41) is 9.87. The Labute approximate surface area is 142 Å². The second kappa shape index (κ2) is 7.21. The molecule has 1 rings (SSSR count). The fraction of sp³-hybridized carbons (Fsp3) is 0.529. The van der Waals surface area contributed by atoms with Gasteiger partial charge in [-0.3, -0.25) is 4.79 Å². The number of nitrogens with zero attached hydrogens (tertiary/aromatic N) is 1. The Hall–Kier alpha value is -1.75. The number of rotatable bonds is 5. The predicted molar refractivity (Wildman–Crippen MR) is 89.5 cm³/mol. The molecule has 0 aliphatic rings. The van der Waals surface area contributed by atoms with Crippen molar-refractivity contribution in [1.82, 2.24) is 4.90 Å². The van der Waals surface area contributed by atoms with Crippen molar-refractivity contribution < 1.29 is 19.4 Å². The smallest absolute Gasteiger partial charge is 0.410 e. The van der Waals surface area contributed by atoms with E-state index in [4.69, 9.17) is 16.3 Å². The Balaban J connectivity index is 3.01. The first-order valence-corrected chi connectivity index (χ1v) is 7.74. The van der Waals surface area contributed by atoms with Gasteiger partial charge in [0, 0.05) is 18.1 Å². The van der Waals surface area contributed by atoms with E-state index in [1.807, 2.05) is 6.07 Å². The summed E-state index contributed by atoms with van der Waals surface area (Å²) in [5.74, 6) is -0.975. The second-order valence-electron chi connectivity index (χ2n) is 7.16. The Kier molecular flexibility index (Phi) is 6.05. The van der Waals surface area contributed by atoms with E-state index in [1.165, 1.54) is 4.90 Å². The standard InChI is InChI=1S/C17H24ClNO4/c1-16(2,3)23-15(22)19(11-17(4,5)14(20)21)10-12-7-6-8-13(18)9-12/h6-9H,10-11H2,1-5H3,(H,20,21). The summed E-state index contributed by atoms with van der Waals surface area (Å²) in [6.07, 6.45) is -0.549. The maximum atomic E-state index is 12.4. The normalized spacial score (nSPS) is 11.9. The number of aliphatic carboxylic acids is 1. The summed E-state index contributed by atoms with van der Waals surface area (Å²) in [7, 11) is 0. The molecule has 0 spiro atoms. The summed E-state index contributed by atoms with van der Waals surface area (Å²) in [4.78, 5) is 25.2. The number of ether oxygens (including phenoxy) is 1. The molecule has 1 N–H and O–H groups in total. The Morgan fingerprint density at radius 1 is 1.22 bits per heavy atom. The van der Waals surface area contributed by atoms with Gasteiger partial charge in [0.05, 0.1) is 5.41 Å². The third-order valence-electron chi connectivity index (χ3n) is 3.08. The fourth-order valence-electron chi connectivity index (χ4n) is 1.91. The van der Waals surface area contributed by atoms with Crippen LogP contribution in [0.3, 0.4) is 0 Å². The van der Waals surface area contributed by atoms with Crippen LogP contribution in [0.1, 0.15) is 40.2 Å². The monoisotopic (exact) mass is 341 g/mol. The average Bonchev–Trinajstić information content (AvgIpc) is 2.35. The highest BCUT2D eigenvalue weighted by molar-refractivity contribution is 6.30. The van der Waals surface area contributed by atoms with Gasteiger partial charge in [-0.2, -0.15) is 0 Å². The van der Waals surface area contributed by atoms with Crippen LogP contribution >= 0.6 is 11.6 Å². The number of carboxylic acids is 1. The number of halogens is 1. The van der Waals surface area contributed by atoms with E-state index >= 15 is 0 Å². The van der Waals surface area contributed by atoms with Gasteiger partial charge in [0.25, 0.3) is 0 Å². The zero-order chi connectivity index (χ0) is 17.8. The molecule has 0 fully saturated rings. The molecule has 23 heavy (non-hydrogen) atoms. The van der Waals surface area contributed by atoms with Gasteiger partial charge in [0.15, 0.2) is 0 Å². The number of carbonyl (C=O) groups is 2. The molecule has 0 atom stereocenters. The third-order valence-corrected chi connectivity index (χ3v) is 3.31. The van der Waals surface area contributed by atoms with Crippen LogP contribution in [0, 0.1) is 5.41 Å². The van der Waals surface area contributed by atoms with Crippen molar-refractivity contribution in [3.05, 3.63) is 34.9 Å². The molecule has 128 valence electrons. The fourth-order valence-corrected chi connectivity index (χ4v) is 2.12. The van der Waals surface area contributed by atoms with Gasteiger partial charge in [-0.25, -0.2) is 4.79 Å². The van der Waals surface area contributed by atoms with Crippen LogP contribution in [0.5, 0.6) is 0 Å². The van der Waals surface area contributed by atoms with Gasteiger partial charge < -0.3 is 14.7 Å². The highest BCUT2D eigenvalue weighted by Crippen LogP contribution is 2.22. The third kappa shape index (κ3) is 6.48. The van der Waals surface area contributed by atoms with E-state index in [-0.39, 0.29) is 13.1 Å². The molecule has 0 unspecified atom stereocenters. The summed E-state index contributed by atoms with van der Waals surface area (Å²) in [6.45, 7) is 8.71. The SMILES string of the molecule is CC(C)(C)OC(=O)N(Cc1cccc(Cl)c1)CC(C)(C)C(=O)O. The number of amides is 1. The van der Waals surface area contributed by atoms with Crippen molar-refractivity contribution >= 4 is 23.7 Å². The minimum atomic E-state index is -1.09. The molecule has 0 saturated heterocycles. The molecule has 1 amide bonds. The zero-order valence-electron chi connectivity index (χ0n) is 14.2. The van der Waals surface area contributed by atoms with Crippen LogP contribution in [-0.4, -0.2) is 34.2 Å². The van der Waals surface area contributed by atoms with Gasteiger partial charge in [-0.1, -0.05) is 23.7 Å². The lowest BCUT2D eigenvalue weighted by molar-refractivity contribution is -0.147. The summed E-state index contributed by atoms with van der Waals surface area (Å²) in [5.41, 5.74) is -0.934. The van der Waals surface area contributed by atoms with Gasteiger partial charge in [0.2, 0.25) is 0 Å². The minimum Gasteiger partial charge on any atom is -0.481 e. The van der Waals surface area contributed by atoms with Gasteiger partial charge in [0.1, 0.15) is 5.60 Å². The molecule has 0 radical (unpaired) electrons. The molecule has 0 aromatic heterocycles. The lowest BCUT2D eigenvalue weighted by Crippen LogP contribution is -2.44. The zero-order valence-corrected chi connectivity index (χ0v) is 15.0. The number of benzene rings is 1. The van der Waals surface area contributed by atoms with Crippen molar-refractivity contribution in [2.75, 3.05) is 6.54 Å². The first-order valence-electron chi connectivity index (χ1n) is 7.36. The van der Waals surface area contributed by atoms with Crippen LogP contribution in [-0.2, 0) is 16.1 Å². The Morgan fingerprint density at radius 2 is 1.83 bits per heavy atom. The first kappa shape index (κ1) is 19.3.